The van der Waals surface area contributed by atoms with Crippen molar-refractivity contribution in [3.05, 3.63) is 66.2 Å². The largest absolute Gasteiger partial charge is 0.365 e. The van der Waals surface area contributed by atoms with Crippen LogP contribution < -0.4 is 4.90 Å². The van der Waals surface area contributed by atoms with E-state index in [0.29, 0.717) is 18.5 Å². The molecule has 3 aliphatic heterocycles. The van der Waals surface area contributed by atoms with Gasteiger partial charge in [0, 0.05) is 45.0 Å². The second kappa shape index (κ2) is 8.13. The molecule has 0 aromatic heterocycles. The molecule has 0 aliphatic carbocycles. The number of benzene rings is 2. The van der Waals surface area contributed by atoms with Crippen LogP contribution in [0.5, 0.6) is 0 Å². The van der Waals surface area contributed by atoms with Gasteiger partial charge < -0.3 is 9.80 Å². The van der Waals surface area contributed by atoms with Crippen LogP contribution >= 0.6 is 0 Å². The zero-order valence-electron chi connectivity index (χ0n) is 16.1. The van der Waals surface area contributed by atoms with Gasteiger partial charge in [0.2, 0.25) is 5.91 Å². The van der Waals surface area contributed by atoms with Gasteiger partial charge in [0.05, 0.1) is 6.54 Å². The highest BCUT2D eigenvalue weighted by molar-refractivity contribution is 5.81. The van der Waals surface area contributed by atoms with Gasteiger partial charge in [-0.1, -0.05) is 48.5 Å². The summed E-state index contributed by atoms with van der Waals surface area (Å²) >= 11 is 0. The maximum absolute atomic E-state index is 13.0. The fourth-order valence-corrected chi connectivity index (χ4v) is 4.47. The summed E-state index contributed by atoms with van der Waals surface area (Å²) in [5, 5.41) is 0. The van der Waals surface area contributed by atoms with E-state index >= 15 is 0 Å². The molecule has 4 heteroatoms. The molecule has 142 valence electrons. The topological polar surface area (TPSA) is 26.8 Å². The third kappa shape index (κ3) is 4.33. The zero-order chi connectivity index (χ0) is 18.6. The van der Waals surface area contributed by atoms with E-state index in [1.54, 1.807) is 0 Å². The number of carbonyl (C=O) groups excluding carboxylic acids is 1. The highest BCUT2D eigenvalue weighted by Gasteiger charge is 2.36. The molecule has 3 saturated heterocycles. The molecule has 0 radical (unpaired) electrons. The van der Waals surface area contributed by atoms with Gasteiger partial charge >= 0.3 is 0 Å². The van der Waals surface area contributed by atoms with Crippen molar-refractivity contribution in [3.8, 4) is 0 Å². The minimum atomic E-state index is 0.250. The summed E-state index contributed by atoms with van der Waals surface area (Å²) in [6.45, 7) is 4.32. The van der Waals surface area contributed by atoms with Crippen molar-refractivity contribution in [2.75, 3.05) is 38.1 Å². The molecule has 3 aliphatic rings. The van der Waals surface area contributed by atoms with E-state index in [1.807, 2.05) is 25.2 Å². The van der Waals surface area contributed by atoms with Gasteiger partial charge in [0.25, 0.3) is 0 Å². The van der Waals surface area contributed by atoms with E-state index in [0.717, 1.165) is 31.9 Å². The molecule has 4 nitrogen and oxygen atoms in total. The Bertz CT molecular complexity index is 749. The Labute approximate surface area is 162 Å². The number of nitrogens with zero attached hydrogens (tertiary/aromatic N) is 3. The van der Waals surface area contributed by atoms with Crippen molar-refractivity contribution in [1.29, 1.82) is 0 Å². The number of anilines is 1. The number of rotatable bonds is 5. The van der Waals surface area contributed by atoms with Crippen LogP contribution in [0.1, 0.15) is 18.4 Å². The number of fused-ring (bicyclic) bond motifs is 4. The van der Waals surface area contributed by atoms with Crippen LogP contribution in [0.15, 0.2) is 60.7 Å². The maximum atomic E-state index is 13.0. The first-order valence-electron chi connectivity index (χ1n) is 10.0. The van der Waals surface area contributed by atoms with E-state index in [9.17, 15) is 4.79 Å². The lowest BCUT2D eigenvalue weighted by Crippen LogP contribution is -2.45. The fraction of sp³-hybridized carbons (Fsp3) is 0.435. The summed E-state index contributed by atoms with van der Waals surface area (Å²) in [7, 11) is 2.00. The first-order chi connectivity index (χ1) is 13.2. The van der Waals surface area contributed by atoms with Gasteiger partial charge in [-0.05, 0) is 36.5 Å². The van der Waals surface area contributed by atoms with E-state index in [-0.39, 0.29) is 5.91 Å². The molecule has 5 rings (SSSR count). The molecule has 2 aromatic rings. The maximum Gasteiger partial charge on any atom is 0.242 e. The Morgan fingerprint density at radius 1 is 0.963 bits per heavy atom. The quantitative estimate of drug-likeness (QED) is 0.816. The molecule has 2 bridgehead atoms. The number of para-hydroxylation sites is 1. The second-order valence-corrected chi connectivity index (χ2v) is 8.00. The van der Waals surface area contributed by atoms with Crippen LogP contribution in [0.25, 0.3) is 0 Å². The normalized spacial score (nSPS) is 22.5. The van der Waals surface area contributed by atoms with Crippen molar-refractivity contribution in [1.82, 2.24) is 9.80 Å². The predicted molar refractivity (Wildman–Crippen MR) is 110 cm³/mol. The average Bonchev–Trinajstić information content (AvgIpc) is 3.01. The summed E-state index contributed by atoms with van der Waals surface area (Å²) < 4.78 is 0. The van der Waals surface area contributed by atoms with Crippen LogP contribution in [0.4, 0.5) is 5.69 Å². The third-order valence-electron chi connectivity index (χ3n) is 5.98. The molecule has 2 aromatic carbocycles. The standard InChI is InChI=1S/C23H29N3O/c1-24(21-10-6-3-7-11-21)18-23(27)26-16-20-12-13-22(17-26)25(15-20)14-19-8-4-2-5-9-19/h2-11,20,22H,12-18H2,1H3/t20-,22-/m0/s1. The highest BCUT2D eigenvalue weighted by Crippen LogP contribution is 2.29. The average molecular weight is 364 g/mol. The molecule has 0 spiro atoms. The molecular weight excluding hydrogens is 334 g/mol. The minimum absolute atomic E-state index is 0.250. The van der Waals surface area contributed by atoms with Crippen LogP contribution in [-0.4, -0.2) is 55.0 Å². The van der Waals surface area contributed by atoms with Crippen molar-refractivity contribution in [2.45, 2.75) is 25.4 Å². The van der Waals surface area contributed by atoms with Crippen LogP contribution in [0.2, 0.25) is 0 Å². The summed E-state index contributed by atoms with van der Waals surface area (Å²) in [5.74, 6) is 0.846. The van der Waals surface area contributed by atoms with E-state index in [1.165, 1.54) is 18.4 Å². The first-order valence-corrected chi connectivity index (χ1v) is 10.0. The smallest absolute Gasteiger partial charge is 0.242 e. The number of amides is 1. The highest BCUT2D eigenvalue weighted by atomic mass is 16.2. The Morgan fingerprint density at radius 2 is 1.67 bits per heavy atom. The van der Waals surface area contributed by atoms with Gasteiger partial charge in [-0.2, -0.15) is 0 Å². The lowest BCUT2D eigenvalue weighted by atomic mass is 9.94. The predicted octanol–water partition coefficient (Wildman–Crippen LogP) is 3.25. The fourth-order valence-electron chi connectivity index (χ4n) is 4.47. The molecule has 0 unspecified atom stereocenters. The van der Waals surface area contributed by atoms with Crippen molar-refractivity contribution >= 4 is 11.6 Å². The van der Waals surface area contributed by atoms with Crippen LogP contribution in [0, 0.1) is 5.92 Å². The Morgan fingerprint density at radius 3 is 2.41 bits per heavy atom. The number of hydrogen-bond acceptors (Lipinski definition) is 3. The molecular formula is C23H29N3O. The summed E-state index contributed by atoms with van der Waals surface area (Å²) in [6, 6.07) is 21.3. The van der Waals surface area contributed by atoms with Gasteiger partial charge in [-0.15, -0.1) is 0 Å². The van der Waals surface area contributed by atoms with Crippen molar-refractivity contribution in [3.63, 3.8) is 0 Å². The van der Waals surface area contributed by atoms with E-state index < -0.39 is 0 Å². The summed E-state index contributed by atoms with van der Waals surface area (Å²) in [6.07, 6.45) is 2.45. The monoisotopic (exact) mass is 363 g/mol. The lowest BCUT2D eigenvalue weighted by Gasteiger charge is -2.36. The number of hydrogen-bond donors (Lipinski definition) is 0. The summed E-state index contributed by atoms with van der Waals surface area (Å²) in [5.41, 5.74) is 2.46. The third-order valence-corrected chi connectivity index (χ3v) is 5.98. The lowest BCUT2D eigenvalue weighted by molar-refractivity contribution is -0.130. The molecule has 27 heavy (non-hydrogen) atoms. The molecule has 0 saturated carbocycles. The molecule has 3 heterocycles. The van der Waals surface area contributed by atoms with Crippen LogP contribution in [-0.2, 0) is 11.3 Å². The number of piperidine rings is 1. The second-order valence-electron chi connectivity index (χ2n) is 8.00. The van der Waals surface area contributed by atoms with E-state index in [4.69, 9.17) is 0 Å². The van der Waals surface area contributed by atoms with Gasteiger partial charge in [0.1, 0.15) is 0 Å². The Hall–Kier alpha value is -2.33. The van der Waals surface area contributed by atoms with Gasteiger partial charge in [-0.25, -0.2) is 0 Å². The molecule has 2 atom stereocenters. The Balaban J connectivity index is 1.40. The van der Waals surface area contributed by atoms with Crippen LogP contribution in [0.3, 0.4) is 0 Å². The van der Waals surface area contributed by atoms with Crippen molar-refractivity contribution < 1.29 is 4.79 Å². The van der Waals surface area contributed by atoms with Gasteiger partial charge in [0.15, 0.2) is 0 Å². The van der Waals surface area contributed by atoms with E-state index in [2.05, 4.69) is 57.2 Å². The zero-order valence-corrected chi connectivity index (χ0v) is 16.1. The molecule has 1 amide bonds. The first kappa shape index (κ1) is 18.1. The van der Waals surface area contributed by atoms with Crippen molar-refractivity contribution in [2.24, 2.45) is 5.92 Å². The molecule has 0 N–H and O–H groups in total. The Kier molecular flexibility index (Phi) is 5.44. The molecule has 3 fully saturated rings. The minimum Gasteiger partial charge on any atom is -0.365 e. The van der Waals surface area contributed by atoms with Gasteiger partial charge in [-0.3, -0.25) is 9.69 Å². The SMILES string of the molecule is CN(CC(=O)N1C[C@H]2CC[C@@H](C1)N(Cc1ccccc1)C2)c1ccccc1. The number of likely N-dealkylation sites (N-methyl/N-ethyl adjacent to an activating group) is 1. The summed E-state index contributed by atoms with van der Waals surface area (Å²) in [4.78, 5) is 19.7. The number of carbonyl (C=O) groups is 1.